The van der Waals surface area contributed by atoms with Crippen molar-refractivity contribution in [3.63, 3.8) is 0 Å². The van der Waals surface area contributed by atoms with Crippen molar-refractivity contribution in [2.75, 3.05) is 41.2 Å². The number of ketones is 1. The first-order valence-electron chi connectivity index (χ1n) is 15.9. The SMILES string of the molecule is CCCCC(F)(F)C(=O)CP(=O)(OC)OC.CO.COC(=O)CCCCCCC1[C@@H](OC(C)=O)C[C@@H](OC2CCCCO2)[C@@H]1C=O. The number of aliphatic hydroxyl groups excluding tert-OH is 1. The van der Waals surface area contributed by atoms with Crippen LogP contribution >= 0.6 is 7.60 Å². The van der Waals surface area contributed by atoms with Gasteiger partial charge in [0.05, 0.1) is 13.2 Å². The largest absolute Gasteiger partial charge is 0.469 e. The highest BCUT2D eigenvalue weighted by Gasteiger charge is 2.46. The van der Waals surface area contributed by atoms with Crippen LogP contribution in [-0.4, -0.2) is 94.7 Å². The van der Waals surface area contributed by atoms with Gasteiger partial charge in [-0.15, -0.1) is 0 Å². The lowest BCUT2D eigenvalue weighted by atomic mass is 9.89. The Hall–Kier alpha value is -1.83. The standard InChI is InChI=1S/C21H34O7.C9H17F2O4P.CH4O/c1-15(23)27-18-13-19(28-21-11-7-8-12-26-21)17(14-22)16(18)9-5-3-4-6-10-20(24)25-2;1-4-5-6-9(10,11)8(12)7-16(13,14-2)15-3;1-2/h14,16-19,21H,3-13H2,1-2H3;4-7H2,1-3H3;2H,1H3/t16?,17-,18+,19-,21?;;/m1../s1. The van der Waals surface area contributed by atoms with Crippen molar-refractivity contribution in [2.45, 2.75) is 122 Å². The summed E-state index contributed by atoms with van der Waals surface area (Å²) in [5.41, 5.74) is 0. The fourth-order valence-electron chi connectivity index (χ4n) is 5.30. The molecule has 1 aliphatic carbocycles. The first-order valence-corrected chi connectivity index (χ1v) is 17.6. The fourth-order valence-corrected chi connectivity index (χ4v) is 6.29. The third-order valence-corrected chi connectivity index (χ3v) is 9.63. The number of carbonyl (C=O) groups excluding carboxylic acids is 4. The number of methoxy groups -OCH3 is 1. The van der Waals surface area contributed by atoms with Crippen molar-refractivity contribution in [3.8, 4) is 0 Å². The summed E-state index contributed by atoms with van der Waals surface area (Å²) in [4.78, 5) is 45.7. The van der Waals surface area contributed by atoms with Gasteiger partial charge in [0.25, 0.3) is 0 Å². The number of carbonyl (C=O) groups is 4. The van der Waals surface area contributed by atoms with Gasteiger partial charge in [0, 0.05) is 66.0 Å². The number of alkyl halides is 2. The molecular weight excluding hydrogens is 633 g/mol. The smallest absolute Gasteiger partial charge is 0.337 e. The summed E-state index contributed by atoms with van der Waals surface area (Å²) >= 11 is 0. The van der Waals surface area contributed by atoms with Crippen LogP contribution in [0.1, 0.15) is 97.3 Å². The lowest BCUT2D eigenvalue weighted by Gasteiger charge is -2.28. The predicted octanol–water partition coefficient (Wildman–Crippen LogP) is 5.65. The summed E-state index contributed by atoms with van der Waals surface area (Å²) < 4.78 is 68.7. The molecule has 270 valence electrons. The fraction of sp³-hybridized carbons (Fsp3) is 0.871. The highest BCUT2D eigenvalue weighted by molar-refractivity contribution is 7.54. The summed E-state index contributed by atoms with van der Waals surface area (Å²) in [7, 11) is 0.816. The van der Waals surface area contributed by atoms with E-state index in [0.717, 1.165) is 79.0 Å². The second-order valence-electron chi connectivity index (χ2n) is 11.1. The van der Waals surface area contributed by atoms with E-state index in [0.29, 0.717) is 25.9 Å². The number of hydrogen-bond donors (Lipinski definition) is 1. The van der Waals surface area contributed by atoms with Gasteiger partial charge in [0.2, 0.25) is 5.78 Å². The number of aldehydes is 1. The van der Waals surface area contributed by atoms with E-state index in [1.54, 1.807) is 6.92 Å². The normalized spacial score (nSPS) is 22.8. The molecule has 15 heteroatoms. The van der Waals surface area contributed by atoms with E-state index in [4.69, 9.17) is 19.3 Å². The maximum Gasteiger partial charge on any atom is 0.337 e. The zero-order valence-electron chi connectivity index (χ0n) is 28.2. The lowest BCUT2D eigenvalue weighted by molar-refractivity contribution is -0.195. The number of ether oxygens (including phenoxy) is 4. The Labute approximate surface area is 272 Å². The molecule has 0 radical (unpaired) electrons. The highest BCUT2D eigenvalue weighted by Crippen LogP contribution is 2.47. The minimum Gasteiger partial charge on any atom is -0.469 e. The van der Waals surface area contributed by atoms with Gasteiger partial charge in [-0.1, -0.05) is 32.6 Å². The molecule has 0 spiro atoms. The average molecular weight is 689 g/mol. The van der Waals surface area contributed by atoms with E-state index in [1.165, 1.54) is 14.0 Å². The minimum absolute atomic E-state index is 0.0319. The van der Waals surface area contributed by atoms with E-state index in [9.17, 15) is 32.5 Å². The van der Waals surface area contributed by atoms with Crippen LogP contribution in [-0.2, 0) is 51.7 Å². The molecule has 2 rings (SSSR count). The van der Waals surface area contributed by atoms with Gasteiger partial charge in [-0.05, 0) is 38.5 Å². The Morgan fingerprint density at radius 1 is 1.00 bits per heavy atom. The van der Waals surface area contributed by atoms with Crippen molar-refractivity contribution in [3.05, 3.63) is 0 Å². The molecule has 1 saturated heterocycles. The molecule has 2 aliphatic rings. The molecule has 12 nitrogen and oxygen atoms in total. The third-order valence-electron chi connectivity index (χ3n) is 7.85. The van der Waals surface area contributed by atoms with Crippen LogP contribution in [0, 0.1) is 11.8 Å². The molecule has 2 fully saturated rings. The Kier molecular flexibility index (Phi) is 23.4. The monoisotopic (exact) mass is 688 g/mol. The topological polar surface area (TPSA) is 161 Å². The van der Waals surface area contributed by atoms with Crippen LogP contribution in [0.4, 0.5) is 8.78 Å². The Morgan fingerprint density at radius 2 is 1.65 bits per heavy atom. The zero-order valence-corrected chi connectivity index (χ0v) is 29.1. The number of hydrogen-bond acceptors (Lipinski definition) is 12. The van der Waals surface area contributed by atoms with Crippen molar-refractivity contribution in [2.24, 2.45) is 11.8 Å². The van der Waals surface area contributed by atoms with Gasteiger partial charge in [-0.2, -0.15) is 8.78 Å². The summed E-state index contributed by atoms with van der Waals surface area (Å²) in [6.07, 6.45) is 7.82. The molecule has 1 N–H and O–H groups in total. The van der Waals surface area contributed by atoms with Crippen LogP contribution in [0.25, 0.3) is 0 Å². The molecule has 5 atom stereocenters. The van der Waals surface area contributed by atoms with Gasteiger partial charge in [0.15, 0.2) is 6.29 Å². The predicted molar refractivity (Wildman–Crippen MR) is 166 cm³/mol. The Balaban J connectivity index is 0.000000960. The number of aliphatic hydroxyl groups is 1. The number of Topliss-reactive ketones (excluding diaryl/α,β-unsaturated/α-hetero) is 1. The Bertz CT molecular complexity index is 921. The molecule has 2 unspecified atom stereocenters. The summed E-state index contributed by atoms with van der Waals surface area (Å²) in [6, 6.07) is 0. The summed E-state index contributed by atoms with van der Waals surface area (Å²) in [6.45, 7) is 3.83. The van der Waals surface area contributed by atoms with Gasteiger partial charge >= 0.3 is 25.5 Å². The second-order valence-corrected chi connectivity index (χ2v) is 13.4. The van der Waals surface area contributed by atoms with Crippen molar-refractivity contribution in [1.82, 2.24) is 0 Å². The lowest BCUT2D eigenvalue weighted by Crippen LogP contribution is -2.32. The van der Waals surface area contributed by atoms with Gasteiger partial charge < -0.3 is 37.9 Å². The van der Waals surface area contributed by atoms with Gasteiger partial charge in [-0.3, -0.25) is 18.9 Å². The van der Waals surface area contributed by atoms with Crippen LogP contribution in [0.3, 0.4) is 0 Å². The van der Waals surface area contributed by atoms with E-state index in [2.05, 4.69) is 13.8 Å². The molecule has 46 heavy (non-hydrogen) atoms. The highest BCUT2D eigenvalue weighted by atomic mass is 31.2. The molecule has 1 heterocycles. The van der Waals surface area contributed by atoms with Crippen LogP contribution in [0.5, 0.6) is 0 Å². The second kappa shape index (κ2) is 24.3. The Morgan fingerprint density at radius 3 is 2.17 bits per heavy atom. The molecule has 1 aliphatic heterocycles. The van der Waals surface area contributed by atoms with Crippen LogP contribution in [0.15, 0.2) is 0 Å². The first-order chi connectivity index (χ1) is 21.9. The van der Waals surface area contributed by atoms with Gasteiger partial charge in [0.1, 0.15) is 18.6 Å². The van der Waals surface area contributed by atoms with Gasteiger partial charge in [-0.25, -0.2) is 0 Å². The number of unbranched alkanes of at least 4 members (excludes halogenated alkanes) is 4. The minimum atomic E-state index is -3.70. The molecule has 0 aromatic rings. The van der Waals surface area contributed by atoms with Crippen LogP contribution in [0.2, 0.25) is 0 Å². The zero-order chi connectivity index (χ0) is 35.2. The number of rotatable bonds is 19. The maximum atomic E-state index is 13.2. The van der Waals surface area contributed by atoms with Crippen LogP contribution < -0.4 is 0 Å². The maximum absolute atomic E-state index is 13.2. The van der Waals surface area contributed by atoms with Crippen molar-refractivity contribution in [1.29, 1.82) is 0 Å². The van der Waals surface area contributed by atoms with E-state index in [1.807, 2.05) is 0 Å². The van der Waals surface area contributed by atoms with Crippen molar-refractivity contribution >= 4 is 31.6 Å². The molecule has 0 aromatic heterocycles. The number of esters is 2. The average Bonchev–Trinajstić information content (AvgIpc) is 3.37. The molecule has 0 bridgehead atoms. The summed E-state index contributed by atoms with van der Waals surface area (Å²) in [5.74, 6) is -5.68. The van der Waals surface area contributed by atoms with Crippen molar-refractivity contribution < 1.29 is 65.6 Å². The summed E-state index contributed by atoms with van der Waals surface area (Å²) in [5, 5.41) is 7.00. The first kappa shape index (κ1) is 44.2. The molecule has 1 saturated carbocycles. The third kappa shape index (κ3) is 16.8. The quantitative estimate of drug-likeness (QED) is 0.0769. The van der Waals surface area contributed by atoms with E-state index in [-0.39, 0.29) is 48.7 Å². The number of halogens is 2. The molecule has 0 amide bonds. The van der Waals surface area contributed by atoms with E-state index >= 15 is 0 Å². The molecule has 0 aromatic carbocycles. The molecular formula is C31H55F2O12P. The van der Waals surface area contributed by atoms with E-state index < -0.39 is 31.9 Å².